The lowest BCUT2D eigenvalue weighted by Gasteiger charge is -2.19. The number of ether oxygens (including phenoxy) is 1. The average molecular weight is 489 g/mol. The third kappa shape index (κ3) is 7.96. The summed E-state index contributed by atoms with van der Waals surface area (Å²) in [4.78, 5) is 47.0. The monoisotopic (exact) mass is 489 g/mol. The number of phosphoric acid groups is 1. The molecule has 0 aromatic carbocycles. The van der Waals surface area contributed by atoms with E-state index in [0.29, 0.717) is 0 Å². The molecule has 15 nitrogen and oxygen atoms in total. The molecule has 0 bridgehead atoms. The molecule has 0 aliphatic carbocycles. The van der Waals surface area contributed by atoms with Crippen LogP contribution in [0.15, 0.2) is 37.1 Å². The molecule has 6 atom stereocenters. The van der Waals surface area contributed by atoms with Gasteiger partial charge < -0.3 is 50.8 Å². The van der Waals surface area contributed by atoms with Gasteiger partial charge >= 0.3 is 5.97 Å². The minimum absolute atomic E-state index is 0.159. The molecule has 2 unspecified atom stereocenters. The van der Waals surface area contributed by atoms with Crippen molar-refractivity contribution < 1.29 is 53.1 Å². The van der Waals surface area contributed by atoms with E-state index in [9.17, 15) is 29.3 Å². The predicted octanol–water partition coefficient (Wildman–Crippen LogP) is -3.47. The molecule has 2 aromatic rings. The molecule has 1 aliphatic heterocycles. The topological polar surface area (TPSA) is 258 Å². The Labute approximate surface area is 186 Å². The smallest absolute Gasteiger partial charge is 0.320 e. The third-order valence-electron chi connectivity index (χ3n) is 4.45. The highest BCUT2D eigenvalue weighted by atomic mass is 31.2. The second-order valence-electron chi connectivity index (χ2n) is 6.94. The Morgan fingerprint density at radius 3 is 2.64 bits per heavy atom. The fourth-order valence-electron chi connectivity index (χ4n) is 2.80. The number of H-pyrrole nitrogens is 1. The SMILES string of the molecule is NC(=O)c1ccc[n+]([C@@H]2O[C@H](COP(=O)([O-])O)[C@@H](O)[C@H]2O)c1.NC(Cc1cnc[nH]1)C(=O)O. The summed E-state index contributed by atoms with van der Waals surface area (Å²) >= 11 is 0. The number of hydrogen-bond acceptors (Lipinski definition) is 10. The maximum atomic E-state index is 11.1. The molecule has 9 N–H and O–H groups in total. The number of nitrogens with one attached hydrogen (secondary N) is 1. The highest BCUT2D eigenvalue weighted by molar-refractivity contribution is 7.44. The average Bonchev–Trinajstić information content (AvgIpc) is 3.35. The van der Waals surface area contributed by atoms with Crippen LogP contribution in [0.5, 0.6) is 0 Å². The minimum atomic E-state index is -4.97. The van der Waals surface area contributed by atoms with Crippen molar-refractivity contribution in [2.24, 2.45) is 11.5 Å². The molecule has 2 aromatic heterocycles. The Morgan fingerprint density at radius 1 is 1.39 bits per heavy atom. The van der Waals surface area contributed by atoms with Crippen molar-refractivity contribution in [3.63, 3.8) is 0 Å². The van der Waals surface area contributed by atoms with E-state index in [-0.39, 0.29) is 12.0 Å². The van der Waals surface area contributed by atoms with E-state index >= 15 is 0 Å². The van der Waals surface area contributed by atoms with Crippen LogP contribution in [-0.4, -0.2) is 73.0 Å². The normalized spacial score (nSPS) is 24.9. The van der Waals surface area contributed by atoms with E-state index in [2.05, 4.69) is 14.5 Å². The van der Waals surface area contributed by atoms with Crippen LogP contribution in [0.2, 0.25) is 0 Å². The fraction of sp³-hybridized carbons (Fsp3) is 0.412. The fourth-order valence-corrected chi connectivity index (χ4v) is 3.13. The van der Waals surface area contributed by atoms with E-state index in [1.165, 1.54) is 35.4 Å². The molecular formula is C17H24N5O10P. The van der Waals surface area contributed by atoms with Crippen molar-refractivity contribution in [1.29, 1.82) is 0 Å². The van der Waals surface area contributed by atoms with Crippen molar-refractivity contribution in [3.05, 3.63) is 48.3 Å². The number of nitrogens with two attached hydrogens (primary N) is 2. The van der Waals surface area contributed by atoms with Gasteiger partial charge in [-0.1, -0.05) is 0 Å². The van der Waals surface area contributed by atoms with Gasteiger partial charge in [0.2, 0.25) is 0 Å². The second-order valence-corrected chi connectivity index (χ2v) is 8.14. The standard InChI is InChI=1S/C11H15N2O8P.C6H9N3O2/c12-10(16)6-2-1-3-13(4-6)11-9(15)8(14)7(21-11)5-20-22(17,18)19;7-5(6(10)11)1-4-2-8-3-9-4/h1-4,7-9,11,14-15H,5H2,(H3-,12,16,17,18,19);2-3,5H,1,7H2,(H,8,9)(H,10,11)/t7-,8-,9-,11-;/m1./s1. The number of nitrogens with zero attached hydrogens (tertiary/aromatic N) is 2. The largest absolute Gasteiger partial charge is 0.756 e. The molecule has 0 saturated carbocycles. The van der Waals surface area contributed by atoms with Gasteiger partial charge in [0.1, 0.15) is 23.8 Å². The van der Waals surface area contributed by atoms with E-state index in [4.69, 9.17) is 26.2 Å². The number of hydrogen-bond donors (Lipinski definition) is 7. The van der Waals surface area contributed by atoms with Gasteiger partial charge in [0.05, 0.1) is 12.9 Å². The van der Waals surface area contributed by atoms with Crippen LogP contribution in [0.4, 0.5) is 0 Å². The molecule has 0 spiro atoms. The number of imidazole rings is 1. The number of aliphatic hydroxyl groups is 2. The summed E-state index contributed by atoms with van der Waals surface area (Å²) in [5.41, 5.74) is 11.3. The lowest BCUT2D eigenvalue weighted by Crippen LogP contribution is -2.46. The maximum absolute atomic E-state index is 11.1. The first-order chi connectivity index (χ1) is 15.4. The zero-order chi connectivity index (χ0) is 24.8. The number of aliphatic hydroxyl groups excluding tert-OH is 2. The molecule has 1 fully saturated rings. The minimum Gasteiger partial charge on any atom is -0.756 e. The van der Waals surface area contributed by atoms with Crippen molar-refractivity contribution in [3.8, 4) is 0 Å². The molecule has 16 heteroatoms. The van der Waals surface area contributed by atoms with Crippen LogP contribution in [0.25, 0.3) is 0 Å². The Balaban J connectivity index is 0.000000294. The summed E-state index contributed by atoms with van der Waals surface area (Å²) in [6.07, 6.45) is 1.03. The number of aliphatic carboxylic acids is 1. The number of carbonyl (C=O) groups is 2. The first kappa shape index (κ1) is 26.5. The quantitative estimate of drug-likeness (QED) is 0.141. The van der Waals surface area contributed by atoms with Crippen LogP contribution in [0, 0.1) is 0 Å². The zero-order valence-electron chi connectivity index (χ0n) is 17.0. The lowest BCUT2D eigenvalue weighted by atomic mass is 10.1. The van der Waals surface area contributed by atoms with Crippen molar-refractivity contribution in [1.82, 2.24) is 9.97 Å². The van der Waals surface area contributed by atoms with Gasteiger partial charge in [-0.05, 0) is 6.07 Å². The summed E-state index contributed by atoms with van der Waals surface area (Å²) in [5, 5.41) is 28.2. The molecule has 33 heavy (non-hydrogen) atoms. The number of carboxylic acids is 1. The van der Waals surface area contributed by atoms with Crippen LogP contribution < -0.4 is 20.9 Å². The highest BCUT2D eigenvalue weighted by Crippen LogP contribution is 2.33. The van der Waals surface area contributed by atoms with Gasteiger partial charge in [0.15, 0.2) is 18.5 Å². The number of pyridine rings is 1. The molecule has 3 heterocycles. The molecular weight excluding hydrogens is 465 g/mol. The number of carbonyl (C=O) groups excluding carboxylic acids is 1. The number of amides is 1. The summed E-state index contributed by atoms with van der Waals surface area (Å²) in [5.74, 6) is -1.69. The first-order valence-corrected chi connectivity index (χ1v) is 10.8. The number of rotatable bonds is 8. The number of phosphoric ester groups is 1. The van der Waals surface area contributed by atoms with E-state index in [0.717, 1.165) is 5.69 Å². The Hall–Kier alpha value is -2.75. The lowest BCUT2D eigenvalue weighted by molar-refractivity contribution is -0.765. The van der Waals surface area contributed by atoms with Gasteiger partial charge in [-0.15, -0.1) is 0 Å². The zero-order valence-corrected chi connectivity index (χ0v) is 17.9. The van der Waals surface area contributed by atoms with Crippen molar-refractivity contribution >= 4 is 19.7 Å². The number of aromatic amines is 1. The summed E-state index contributed by atoms with van der Waals surface area (Å²) < 4.78 is 21.3. The molecule has 3 rings (SSSR count). The molecule has 182 valence electrons. The van der Waals surface area contributed by atoms with Gasteiger partial charge in [-0.3, -0.25) is 14.2 Å². The molecule has 1 aliphatic rings. The van der Waals surface area contributed by atoms with Crippen LogP contribution in [0.1, 0.15) is 22.3 Å². The van der Waals surface area contributed by atoms with Crippen molar-refractivity contribution in [2.75, 3.05) is 6.61 Å². The van der Waals surface area contributed by atoms with E-state index < -0.39 is 56.9 Å². The first-order valence-electron chi connectivity index (χ1n) is 9.35. The molecule has 0 radical (unpaired) electrons. The number of primary amides is 1. The molecule has 1 saturated heterocycles. The summed E-state index contributed by atoms with van der Waals surface area (Å²) in [7, 11) is -4.97. The van der Waals surface area contributed by atoms with Gasteiger partial charge in [-0.25, -0.2) is 4.98 Å². The Bertz CT molecular complexity index is 984. The second kappa shape index (κ2) is 11.4. The Kier molecular flexibility index (Phi) is 9.16. The molecule has 1 amide bonds. The van der Waals surface area contributed by atoms with Gasteiger partial charge in [0.25, 0.3) is 20.0 Å². The van der Waals surface area contributed by atoms with E-state index in [1.807, 2.05) is 0 Å². The predicted molar refractivity (Wildman–Crippen MR) is 105 cm³/mol. The Morgan fingerprint density at radius 2 is 2.09 bits per heavy atom. The van der Waals surface area contributed by atoms with Gasteiger partial charge in [-0.2, -0.15) is 4.57 Å². The maximum Gasteiger partial charge on any atom is 0.320 e. The van der Waals surface area contributed by atoms with Gasteiger partial charge in [0, 0.05) is 24.4 Å². The van der Waals surface area contributed by atoms with Crippen LogP contribution >= 0.6 is 7.82 Å². The van der Waals surface area contributed by atoms with Crippen LogP contribution in [-0.2, 0) is 25.0 Å². The van der Waals surface area contributed by atoms with Crippen molar-refractivity contribution in [2.45, 2.75) is 37.0 Å². The third-order valence-corrected chi connectivity index (χ3v) is 4.93. The summed E-state index contributed by atoms with van der Waals surface area (Å²) in [6, 6.07) is 2.10. The van der Waals surface area contributed by atoms with Crippen LogP contribution in [0.3, 0.4) is 0 Å². The number of aromatic nitrogens is 3. The summed E-state index contributed by atoms with van der Waals surface area (Å²) in [6.45, 7) is -0.665. The highest BCUT2D eigenvalue weighted by Gasteiger charge is 2.48. The van der Waals surface area contributed by atoms with E-state index in [1.54, 1.807) is 6.20 Å². The number of carboxylic acid groups (broad SMARTS) is 1.